The van der Waals surface area contributed by atoms with E-state index in [0.717, 1.165) is 5.56 Å². The normalized spacial score (nSPS) is 12.2. The Morgan fingerprint density at radius 3 is 2.74 bits per heavy atom. The van der Waals surface area contributed by atoms with Gasteiger partial charge in [0.05, 0.1) is 0 Å². The van der Waals surface area contributed by atoms with E-state index in [0.29, 0.717) is 13.1 Å². The number of nitrogens with zero attached hydrogens (tertiary/aromatic N) is 5. The number of carbonyl (C=O) groups is 1. The fraction of sp³-hybridized carbons (Fsp3) is 0.200. The molecule has 27 heavy (non-hydrogen) atoms. The third-order valence-electron chi connectivity index (χ3n) is 4.68. The van der Waals surface area contributed by atoms with Crippen molar-refractivity contribution >= 4 is 16.8 Å². The molecule has 4 rings (SSSR count). The maximum Gasteiger partial charge on any atom is 0.249 e. The predicted octanol–water partition coefficient (Wildman–Crippen LogP) is 2.34. The van der Waals surface area contributed by atoms with Gasteiger partial charge >= 0.3 is 0 Å². The molecular formula is C20H20N6O. The van der Waals surface area contributed by atoms with E-state index >= 15 is 0 Å². The maximum atomic E-state index is 12.9. The zero-order valence-corrected chi connectivity index (χ0v) is 15.0. The summed E-state index contributed by atoms with van der Waals surface area (Å²) in [6.07, 6.45) is 3.51. The number of hydrogen-bond acceptors (Lipinski definition) is 4. The fourth-order valence-corrected chi connectivity index (χ4v) is 3.31. The molecule has 0 saturated heterocycles. The highest BCUT2D eigenvalue weighted by Crippen LogP contribution is 2.19. The largest absolute Gasteiger partial charge is 0.352 e. The first-order valence-corrected chi connectivity index (χ1v) is 8.83. The quantitative estimate of drug-likeness (QED) is 0.572. The highest BCUT2D eigenvalue weighted by atomic mass is 16.2. The van der Waals surface area contributed by atoms with Crippen molar-refractivity contribution in [3.63, 3.8) is 0 Å². The summed E-state index contributed by atoms with van der Waals surface area (Å²) in [5, 5.41) is 15.5. The van der Waals surface area contributed by atoms with Crippen molar-refractivity contribution in [1.82, 2.24) is 30.1 Å². The molecule has 0 aliphatic carbocycles. The first kappa shape index (κ1) is 17.0. The first-order chi connectivity index (χ1) is 13.2. The maximum absolute atomic E-state index is 12.9. The van der Waals surface area contributed by atoms with Gasteiger partial charge in [-0.1, -0.05) is 42.5 Å². The van der Waals surface area contributed by atoms with Crippen molar-refractivity contribution in [2.24, 2.45) is 0 Å². The van der Waals surface area contributed by atoms with Gasteiger partial charge in [0.25, 0.3) is 0 Å². The first-order valence-electron chi connectivity index (χ1n) is 8.83. The minimum absolute atomic E-state index is 0.138. The minimum Gasteiger partial charge on any atom is -0.352 e. The molecule has 0 aliphatic heterocycles. The smallest absolute Gasteiger partial charge is 0.249 e. The van der Waals surface area contributed by atoms with Crippen LogP contribution in [-0.2, 0) is 11.3 Å². The molecule has 2 aromatic heterocycles. The Balaban J connectivity index is 1.48. The number of tetrazole rings is 1. The molecule has 0 aliphatic rings. The van der Waals surface area contributed by atoms with Crippen LogP contribution in [0.25, 0.3) is 10.9 Å². The van der Waals surface area contributed by atoms with Gasteiger partial charge in [-0.3, -0.25) is 4.79 Å². The minimum atomic E-state index is -0.593. The summed E-state index contributed by atoms with van der Waals surface area (Å²) in [7, 11) is 0. The highest BCUT2D eigenvalue weighted by molar-refractivity contribution is 5.84. The summed E-state index contributed by atoms with van der Waals surface area (Å²) in [6, 6.07) is 17.3. The van der Waals surface area contributed by atoms with Crippen LogP contribution in [0.4, 0.5) is 0 Å². The van der Waals surface area contributed by atoms with E-state index in [1.54, 1.807) is 0 Å². The van der Waals surface area contributed by atoms with Gasteiger partial charge in [-0.2, -0.15) is 0 Å². The highest BCUT2D eigenvalue weighted by Gasteiger charge is 2.23. The van der Waals surface area contributed by atoms with Gasteiger partial charge < -0.3 is 9.88 Å². The number of carbonyl (C=O) groups excluding carboxylic acids is 1. The SMILES string of the molecule is Cc1cccc2c1ccn2CCNC(=O)C(c1ccccc1)n1cnnn1. The van der Waals surface area contributed by atoms with Crippen LogP contribution in [0.2, 0.25) is 0 Å². The second-order valence-electron chi connectivity index (χ2n) is 6.41. The van der Waals surface area contributed by atoms with Gasteiger partial charge in [0.2, 0.25) is 5.91 Å². The molecule has 4 aromatic rings. The van der Waals surface area contributed by atoms with E-state index in [2.05, 4.69) is 62.8 Å². The lowest BCUT2D eigenvalue weighted by Crippen LogP contribution is -2.35. The van der Waals surface area contributed by atoms with Gasteiger partial charge in [-0.15, -0.1) is 5.10 Å². The summed E-state index contributed by atoms with van der Waals surface area (Å²) >= 11 is 0. The summed E-state index contributed by atoms with van der Waals surface area (Å²) < 4.78 is 3.62. The molecule has 0 saturated carbocycles. The second-order valence-corrected chi connectivity index (χ2v) is 6.41. The van der Waals surface area contributed by atoms with E-state index in [4.69, 9.17) is 0 Å². The topological polar surface area (TPSA) is 77.6 Å². The van der Waals surface area contributed by atoms with Crippen LogP contribution in [0.15, 0.2) is 67.1 Å². The van der Waals surface area contributed by atoms with Crippen molar-refractivity contribution in [3.05, 3.63) is 78.2 Å². The lowest BCUT2D eigenvalue weighted by atomic mass is 10.1. The summed E-state index contributed by atoms with van der Waals surface area (Å²) in [5.41, 5.74) is 3.26. The number of nitrogens with one attached hydrogen (secondary N) is 1. The third kappa shape index (κ3) is 3.44. The van der Waals surface area contributed by atoms with Crippen LogP contribution in [0.3, 0.4) is 0 Å². The number of rotatable bonds is 6. The number of hydrogen-bond donors (Lipinski definition) is 1. The number of amides is 1. The lowest BCUT2D eigenvalue weighted by molar-refractivity contribution is -0.123. The van der Waals surface area contributed by atoms with E-state index in [-0.39, 0.29) is 5.91 Å². The molecule has 1 amide bonds. The fourth-order valence-electron chi connectivity index (χ4n) is 3.31. The Morgan fingerprint density at radius 2 is 1.96 bits per heavy atom. The number of fused-ring (bicyclic) bond motifs is 1. The lowest BCUT2D eigenvalue weighted by Gasteiger charge is -2.17. The molecule has 1 N–H and O–H groups in total. The van der Waals surface area contributed by atoms with Crippen LogP contribution in [-0.4, -0.2) is 37.2 Å². The van der Waals surface area contributed by atoms with Crippen LogP contribution >= 0.6 is 0 Å². The number of aryl methyl sites for hydroxylation is 1. The summed E-state index contributed by atoms with van der Waals surface area (Å²) in [6.45, 7) is 3.31. The van der Waals surface area contributed by atoms with E-state index in [9.17, 15) is 4.79 Å². The van der Waals surface area contributed by atoms with Gasteiger partial charge in [0, 0.05) is 30.2 Å². The molecule has 136 valence electrons. The molecular weight excluding hydrogens is 340 g/mol. The summed E-state index contributed by atoms with van der Waals surface area (Å²) in [4.78, 5) is 12.9. The molecule has 1 atom stereocenters. The molecule has 1 unspecified atom stereocenters. The number of benzene rings is 2. The zero-order valence-electron chi connectivity index (χ0n) is 15.0. The molecule has 7 nitrogen and oxygen atoms in total. The van der Waals surface area contributed by atoms with Crippen LogP contribution in [0.1, 0.15) is 17.2 Å². The molecule has 0 bridgehead atoms. The molecule has 2 aromatic carbocycles. The second kappa shape index (κ2) is 7.41. The standard InChI is InChI=1S/C20H20N6O/c1-15-6-5-9-18-17(15)10-12-25(18)13-11-21-20(27)19(26-14-22-23-24-26)16-7-3-2-4-8-16/h2-10,12,14,19H,11,13H2,1H3,(H,21,27). The molecule has 0 radical (unpaired) electrons. The molecule has 7 heteroatoms. The van der Waals surface area contributed by atoms with Crippen molar-refractivity contribution in [2.75, 3.05) is 6.54 Å². The van der Waals surface area contributed by atoms with E-state index in [1.165, 1.54) is 27.5 Å². The van der Waals surface area contributed by atoms with Crippen LogP contribution < -0.4 is 5.32 Å². The van der Waals surface area contributed by atoms with Crippen molar-refractivity contribution < 1.29 is 4.79 Å². The van der Waals surface area contributed by atoms with Crippen LogP contribution in [0.5, 0.6) is 0 Å². The Hall–Kier alpha value is -3.48. The van der Waals surface area contributed by atoms with Gasteiger partial charge in [-0.05, 0) is 40.6 Å². The Bertz CT molecular complexity index is 1040. The molecule has 0 fully saturated rings. The van der Waals surface area contributed by atoms with Gasteiger partial charge in [-0.25, -0.2) is 4.68 Å². The Kier molecular flexibility index (Phi) is 4.65. The van der Waals surface area contributed by atoms with Crippen molar-refractivity contribution in [1.29, 1.82) is 0 Å². The predicted molar refractivity (Wildman–Crippen MR) is 102 cm³/mol. The zero-order chi connectivity index (χ0) is 18.6. The van der Waals surface area contributed by atoms with Gasteiger partial charge in [0.1, 0.15) is 6.33 Å². The van der Waals surface area contributed by atoms with E-state index < -0.39 is 6.04 Å². The summed E-state index contributed by atoms with van der Waals surface area (Å²) in [5.74, 6) is -0.138. The average molecular weight is 360 g/mol. The Labute approximate surface area is 156 Å². The Morgan fingerprint density at radius 1 is 1.11 bits per heavy atom. The van der Waals surface area contributed by atoms with E-state index in [1.807, 2.05) is 30.3 Å². The molecule has 2 heterocycles. The van der Waals surface area contributed by atoms with Crippen molar-refractivity contribution in [2.45, 2.75) is 19.5 Å². The van der Waals surface area contributed by atoms with Crippen molar-refractivity contribution in [3.8, 4) is 0 Å². The van der Waals surface area contributed by atoms with Gasteiger partial charge in [0.15, 0.2) is 6.04 Å². The monoisotopic (exact) mass is 360 g/mol. The number of aromatic nitrogens is 5. The third-order valence-corrected chi connectivity index (χ3v) is 4.68. The average Bonchev–Trinajstić information content (AvgIpc) is 3.34. The molecule has 0 spiro atoms. The van der Waals surface area contributed by atoms with Crippen LogP contribution in [0, 0.1) is 6.92 Å².